The first-order chi connectivity index (χ1) is 9.10. The normalized spacial score (nSPS) is 15.4. The number of hydrogen-bond donors (Lipinski definition) is 2. The van der Waals surface area contributed by atoms with E-state index in [1.807, 2.05) is 26.0 Å². The minimum Gasteiger partial charge on any atom is -0.493 e. The summed E-state index contributed by atoms with van der Waals surface area (Å²) in [7, 11) is 0. The van der Waals surface area contributed by atoms with E-state index < -0.39 is 0 Å². The van der Waals surface area contributed by atoms with Crippen molar-refractivity contribution < 1.29 is 9.47 Å². The molecule has 2 rings (SSSR count). The molecule has 1 aliphatic heterocycles. The summed E-state index contributed by atoms with van der Waals surface area (Å²) in [6.45, 7) is 5.31. The summed E-state index contributed by atoms with van der Waals surface area (Å²) in [5.41, 5.74) is 5.07. The lowest BCUT2D eigenvalue weighted by Gasteiger charge is -2.19. The summed E-state index contributed by atoms with van der Waals surface area (Å²) >= 11 is 6.14. The number of rotatable bonds is 6. The van der Waals surface area contributed by atoms with E-state index in [9.17, 15) is 0 Å². The zero-order chi connectivity index (χ0) is 13.8. The zero-order valence-electron chi connectivity index (χ0n) is 11.4. The molecule has 1 aromatic carbocycles. The van der Waals surface area contributed by atoms with Crippen LogP contribution >= 0.6 is 11.6 Å². The third kappa shape index (κ3) is 3.83. The maximum Gasteiger partial charge on any atom is 0.125 e. The van der Waals surface area contributed by atoms with Crippen LogP contribution in [0.25, 0.3) is 0 Å². The summed E-state index contributed by atoms with van der Waals surface area (Å²) < 4.78 is 11.3. The van der Waals surface area contributed by atoms with Crippen LogP contribution in [-0.2, 0) is 17.6 Å². The number of nitrogens with two attached hydrogens (primary N) is 1. The number of halogens is 1. The van der Waals surface area contributed by atoms with Crippen LogP contribution in [0.2, 0.25) is 5.02 Å². The number of hydrogen-bond acceptors (Lipinski definition) is 4. The van der Waals surface area contributed by atoms with Crippen LogP contribution in [-0.4, -0.2) is 25.4 Å². The molecule has 0 spiro atoms. The molecule has 0 fully saturated rings. The van der Waals surface area contributed by atoms with Gasteiger partial charge in [0.15, 0.2) is 0 Å². The maximum absolute atomic E-state index is 6.14. The van der Waals surface area contributed by atoms with Gasteiger partial charge in [0.05, 0.1) is 19.3 Å². The second-order valence-electron chi connectivity index (χ2n) is 5.10. The van der Waals surface area contributed by atoms with Gasteiger partial charge >= 0.3 is 0 Å². The first-order valence-electron chi connectivity index (χ1n) is 6.62. The molecule has 4 nitrogen and oxygen atoms in total. The van der Waals surface area contributed by atoms with E-state index >= 15 is 0 Å². The number of hydrazine groups is 1. The molecule has 0 amide bonds. The van der Waals surface area contributed by atoms with E-state index in [-0.39, 0.29) is 12.1 Å². The van der Waals surface area contributed by atoms with Crippen LogP contribution in [0.1, 0.15) is 25.0 Å². The topological polar surface area (TPSA) is 56.5 Å². The van der Waals surface area contributed by atoms with E-state index in [0.29, 0.717) is 6.61 Å². The van der Waals surface area contributed by atoms with Gasteiger partial charge in [-0.05, 0) is 43.5 Å². The number of nitrogens with one attached hydrogen (secondary N) is 1. The second kappa shape index (κ2) is 6.57. The largest absolute Gasteiger partial charge is 0.493 e. The quantitative estimate of drug-likeness (QED) is 0.620. The Morgan fingerprint density at radius 2 is 2.26 bits per heavy atom. The van der Waals surface area contributed by atoms with E-state index in [2.05, 4.69) is 5.43 Å². The van der Waals surface area contributed by atoms with Gasteiger partial charge in [-0.2, -0.15) is 0 Å². The maximum atomic E-state index is 6.14. The van der Waals surface area contributed by atoms with Crippen LogP contribution in [0.4, 0.5) is 0 Å². The summed E-state index contributed by atoms with van der Waals surface area (Å²) in [6.07, 6.45) is 1.86. The molecule has 0 aromatic heterocycles. The lowest BCUT2D eigenvalue weighted by Crippen LogP contribution is -2.41. The Morgan fingerprint density at radius 1 is 1.47 bits per heavy atom. The molecule has 3 N–H and O–H groups in total. The fraction of sp³-hybridized carbons (Fsp3) is 0.571. The van der Waals surface area contributed by atoms with Gasteiger partial charge in [0.2, 0.25) is 0 Å². The van der Waals surface area contributed by atoms with Crippen LogP contribution in [0.3, 0.4) is 0 Å². The van der Waals surface area contributed by atoms with Gasteiger partial charge in [-0.1, -0.05) is 11.6 Å². The lowest BCUT2D eigenvalue weighted by atomic mass is 10.0. The monoisotopic (exact) mass is 284 g/mol. The Balaban J connectivity index is 2.09. The van der Waals surface area contributed by atoms with Gasteiger partial charge < -0.3 is 9.47 Å². The fourth-order valence-corrected chi connectivity index (χ4v) is 2.50. The highest BCUT2D eigenvalue weighted by Gasteiger charge is 2.20. The summed E-state index contributed by atoms with van der Waals surface area (Å²) in [5, 5.41) is 0.750. The van der Waals surface area contributed by atoms with Crippen molar-refractivity contribution in [3.63, 3.8) is 0 Å². The molecule has 1 aliphatic rings. The summed E-state index contributed by atoms with van der Waals surface area (Å²) in [4.78, 5) is 0. The summed E-state index contributed by atoms with van der Waals surface area (Å²) in [6, 6.07) is 3.98. The molecule has 5 heteroatoms. The SMILES string of the molecule is CC(C)OCC(Cc1cc(Cl)cc2c1OCC2)NN. The Hall–Kier alpha value is -0.810. The van der Waals surface area contributed by atoms with Gasteiger partial charge in [-0.15, -0.1) is 0 Å². The predicted molar refractivity (Wildman–Crippen MR) is 76.6 cm³/mol. The number of ether oxygens (including phenoxy) is 2. The van der Waals surface area contributed by atoms with Crippen LogP contribution in [0.15, 0.2) is 12.1 Å². The van der Waals surface area contributed by atoms with Crippen molar-refractivity contribution in [2.24, 2.45) is 5.84 Å². The third-order valence-electron chi connectivity index (χ3n) is 3.16. The first kappa shape index (κ1) is 14.6. The molecule has 0 saturated heterocycles. The van der Waals surface area contributed by atoms with Crippen molar-refractivity contribution in [1.82, 2.24) is 5.43 Å². The highest BCUT2D eigenvalue weighted by Crippen LogP contribution is 2.33. The molecule has 19 heavy (non-hydrogen) atoms. The van der Waals surface area contributed by atoms with Crippen molar-refractivity contribution in [2.75, 3.05) is 13.2 Å². The van der Waals surface area contributed by atoms with E-state index in [4.69, 9.17) is 26.9 Å². The minimum absolute atomic E-state index is 0.0502. The molecule has 1 aromatic rings. The van der Waals surface area contributed by atoms with E-state index in [1.54, 1.807) is 0 Å². The molecule has 0 saturated carbocycles. The average Bonchev–Trinajstić information content (AvgIpc) is 2.81. The molecule has 0 bridgehead atoms. The molecule has 1 atom stereocenters. The third-order valence-corrected chi connectivity index (χ3v) is 3.38. The molecule has 0 aliphatic carbocycles. The molecular formula is C14H21ClN2O2. The van der Waals surface area contributed by atoms with Crippen molar-refractivity contribution in [3.05, 3.63) is 28.3 Å². The fourth-order valence-electron chi connectivity index (χ4n) is 2.24. The van der Waals surface area contributed by atoms with Crippen LogP contribution in [0, 0.1) is 0 Å². The van der Waals surface area contributed by atoms with Crippen molar-refractivity contribution in [1.29, 1.82) is 0 Å². The highest BCUT2D eigenvalue weighted by atomic mass is 35.5. The molecule has 106 valence electrons. The number of benzene rings is 1. The Labute approximate surface area is 119 Å². The molecule has 1 unspecified atom stereocenters. The summed E-state index contributed by atoms with van der Waals surface area (Å²) in [5.74, 6) is 6.55. The lowest BCUT2D eigenvalue weighted by molar-refractivity contribution is 0.0612. The van der Waals surface area contributed by atoms with Crippen LogP contribution < -0.4 is 16.0 Å². The van der Waals surface area contributed by atoms with E-state index in [1.165, 1.54) is 5.56 Å². The standard InChI is InChI=1S/C14H21ClN2O2/c1-9(2)19-8-13(17-16)7-11-6-12(15)5-10-3-4-18-14(10)11/h5-6,9,13,17H,3-4,7-8,16H2,1-2H3. The zero-order valence-corrected chi connectivity index (χ0v) is 12.2. The second-order valence-corrected chi connectivity index (χ2v) is 5.54. The minimum atomic E-state index is 0.0502. The Morgan fingerprint density at radius 3 is 2.95 bits per heavy atom. The Kier molecular flexibility index (Phi) is 5.05. The Bertz CT molecular complexity index is 438. The average molecular weight is 285 g/mol. The first-order valence-corrected chi connectivity index (χ1v) is 6.99. The van der Waals surface area contributed by atoms with Gasteiger partial charge in [-0.3, -0.25) is 11.3 Å². The van der Waals surface area contributed by atoms with Crippen molar-refractivity contribution >= 4 is 11.6 Å². The predicted octanol–water partition coefficient (Wildman–Crippen LogP) is 2.07. The van der Waals surface area contributed by atoms with Gasteiger partial charge in [-0.25, -0.2) is 0 Å². The van der Waals surface area contributed by atoms with Gasteiger partial charge in [0.25, 0.3) is 0 Å². The van der Waals surface area contributed by atoms with Gasteiger partial charge in [0, 0.05) is 17.5 Å². The molecule has 1 heterocycles. The molecular weight excluding hydrogens is 264 g/mol. The number of fused-ring (bicyclic) bond motifs is 1. The van der Waals surface area contributed by atoms with E-state index in [0.717, 1.165) is 35.8 Å². The van der Waals surface area contributed by atoms with Crippen molar-refractivity contribution in [2.45, 2.75) is 38.8 Å². The van der Waals surface area contributed by atoms with Crippen LogP contribution in [0.5, 0.6) is 5.75 Å². The van der Waals surface area contributed by atoms with Crippen molar-refractivity contribution in [3.8, 4) is 5.75 Å². The highest BCUT2D eigenvalue weighted by molar-refractivity contribution is 6.30. The molecule has 0 radical (unpaired) electrons. The van der Waals surface area contributed by atoms with Gasteiger partial charge in [0.1, 0.15) is 5.75 Å². The smallest absolute Gasteiger partial charge is 0.125 e.